The Labute approximate surface area is 384 Å². The van der Waals surface area contributed by atoms with Gasteiger partial charge in [-0.15, -0.1) is 0 Å². The van der Waals surface area contributed by atoms with Crippen molar-refractivity contribution in [2.45, 2.75) is 0 Å². The summed E-state index contributed by atoms with van der Waals surface area (Å²) in [7, 11) is 0. The van der Waals surface area contributed by atoms with Gasteiger partial charge in [0, 0.05) is 33.1 Å². The molecule has 1 aromatic heterocycles. The molecule has 0 amide bonds. The fourth-order valence-electron chi connectivity index (χ4n) is 9.62. The minimum Gasteiger partial charge on any atom is -0.455 e. The van der Waals surface area contributed by atoms with E-state index in [1.165, 1.54) is 38.8 Å². The first kappa shape index (κ1) is 38.9. The van der Waals surface area contributed by atoms with E-state index < -0.39 is 0 Å². The third-order valence-corrected chi connectivity index (χ3v) is 12.8. The molecule has 0 aliphatic carbocycles. The van der Waals surface area contributed by atoms with Gasteiger partial charge in [-0.3, -0.25) is 0 Å². The molecule has 310 valence electrons. The molecule has 2 heteroatoms. The van der Waals surface area contributed by atoms with Crippen molar-refractivity contribution in [2.75, 3.05) is 4.90 Å². The van der Waals surface area contributed by atoms with E-state index in [4.69, 9.17) is 4.42 Å². The van der Waals surface area contributed by atoms with Crippen molar-refractivity contribution < 1.29 is 4.42 Å². The van der Waals surface area contributed by atoms with Crippen LogP contribution in [0.3, 0.4) is 0 Å². The normalized spacial score (nSPS) is 11.3. The van der Waals surface area contributed by atoms with Gasteiger partial charge in [0.05, 0.1) is 5.69 Å². The van der Waals surface area contributed by atoms with Crippen molar-refractivity contribution in [3.63, 3.8) is 0 Å². The van der Waals surface area contributed by atoms with Crippen LogP contribution in [0.4, 0.5) is 17.1 Å². The molecule has 0 saturated heterocycles. The van der Waals surface area contributed by atoms with Crippen LogP contribution in [0.15, 0.2) is 265 Å². The molecule has 12 aromatic rings. The molecule has 11 aromatic carbocycles. The topological polar surface area (TPSA) is 16.4 Å². The standard InChI is InChI=1S/C64H43NO/c1-5-17-44(18-6-1)50-26-15-27-56(42-50)65(55-35-31-47(32-36-55)54-40-52(45-19-7-2-8-20-45)39-53(41-54)46-21-9-3-10-22-46)61-30-16-29-57(48-23-11-4-12-24-48)63(61)51-34-38-62-60(43-51)59-37-33-49-25-13-14-28-58(49)64(59)66-62/h1-43H. The molecule has 0 N–H and O–H groups in total. The minimum absolute atomic E-state index is 0.874. The van der Waals surface area contributed by atoms with Crippen LogP contribution >= 0.6 is 0 Å². The van der Waals surface area contributed by atoms with E-state index in [0.29, 0.717) is 0 Å². The van der Waals surface area contributed by atoms with E-state index in [-0.39, 0.29) is 0 Å². The maximum absolute atomic E-state index is 6.65. The molecule has 0 aliphatic rings. The van der Waals surface area contributed by atoms with Crippen LogP contribution in [-0.4, -0.2) is 0 Å². The van der Waals surface area contributed by atoms with Gasteiger partial charge in [0.1, 0.15) is 11.2 Å². The first-order valence-corrected chi connectivity index (χ1v) is 22.6. The molecule has 0 unspecified atom stereocenters. The molecule has 0 spiro atoms. The average molecular weight is 842 g/mol. The molecule has 2 nitrogen and oxygen atoms in total. The largest absolute Gasteiger partial charge is 0.455 e. The molecule has 0 radical (unpaired) electrons. The van der Waals surface area contributed by atoms with E-state index in [9.17, 15) is 0 Å². The number of rotatable bonds is 9. The molecular weight excluding hydrogens is 799 g/mol. The van der Waals surface area contributed by atoms with E-state index in [0.717, 1.165) is 77.8 Å². The second-order valence-electron chi connectivity index (χ2n) is 16.9. The van der Waals surface area contributed by atoms with Crippen molar-refractivity contribution in [1.82, 2.24) is 0 Å². The van der Waals surface area contributed by atoms with Crippen LogP contribution in [0.1, 0.15) is 0 Å². The smallest absolute Gasteiger partial charge is 0.143 e. The summed E-state index contributed by atoms with van der Waals surface area (Å²) in [6, 6.07) is 94.0. The Balaban J connectivity index is 1.06. The molecule has 0 saturated carbocycles. The third-order valence-electron chi connectivity index (χ3n) is 12.8. The first-order chi connectivity index (χ1) is 32.7. The fraction of sp³-hybridized carbons (Fsp3) is 0. The number of furan rings is 1. The molecule has 0 fully saturated rings. The van der Waals surface area contributed by atoms with Gasteiger partial charge in [0.15, 0.2) is 0 Å². The maximum Gasteiger partial charge on any atom is 0.143 e. The Bertz CT molecular complexity index is 3610. The van der Waals surface area contributed by atoms with Crippen molar-refractivity contribution >= 4 is 49.8 Å². The summed E-state index contributed by atoms with van der Waals surface area (Å²) in [5, 5.41) is 4.49. The number of anilines is 3. The summed E-state index contributed by atoms with van der Waals surface area (Å²) in [6.45, 7) is 0. The van der Waals surface area contributed by atoms with Crippen molar-refractivity contribution in [1.29, 1.82) is 0 Å². The van der Waals surface area contributed by atoms with Crippen LogP contribution in [0.25, 0.3) is 99.5 Å². The Kier molecular flexibility index (Phi) is 9.89. The quantitative estimate of drug-likeness (QED) is 0.144. The van der Waals surface area contributed by atoms with Gasteiger partial charge < -0.3 is 9.32 Å². The molecular formula is C64H43NO. The van der Waals surface area contributed by atoms with Crippen LogP contribution in [0, 0.1) is 0 Å². The summed E-state index contributed by atoms with van der Waals surface area (Å²) in [6.07, 6.45) is 0. The van der Waals surface area contributed by atoms with Gasteiger partial charge in [0.2, 0.25) is 0 Å². The lowest BCUT2D eigenvalue weighted by molar-refractivity contribution is 0.672. The Morgan fingerprint density at radius 3 is 1.45 bits per heavy atom. The maximum atomic E-state index is 6.65. The Morgan fingerprint density at radius 1 is 0.273 bits per heavy atom. The number of fused-ring (bicyclic) bond motifs is 5. The molecule has 0 atom stereocenters. The predicted molar refractivity (Wildman–Crippen MR) is 279 cm³/mol. The highest BCUT2D eigenvalue weighted by Crippen LogP contribution is 2.48. The number of benzene rings is 11. The van der Waals surface area contributed by atoms with Crippen LogP contribution in [0.5, 0.6) is 0 Å². The zero-order valence-electron chi connectivity index (χ0n) is 36.2. The third kappa shape index (κ3) is 7.21. The lowest BCUT2D eigenvalue weighted by Crippen LogP contribution is -2.12. The number of hydrogen-bond donors (Lipinski definition) is 0. The van der Waals surface area contributed by atoms with Gasteiger partial charge in [-0.1, -0.05) is 194 Å². The Morgan fingerprint density at radius 2 is 0.803 bits per heavy atom. The van der Waals surface area contributed by atoms with E-state index in [2.05, 4.69) is 266 Å². The van der Waals surface area contributed by atoms with Gasteiger partial charge in [-0.05, 0) is 133 Å². The highest BCUT2D eigenvalue weighted by Gasteiger charge is 2.23. The lowest BCUT2D eigenvalue weighted by atomic mass is 9.91. The molecule has 66 heavy (non-hydrogen) atoms. The monoisotopic (exact) mass is 841 g/mol. The van der Waals surface area contributed by atoms with Crippen LogP contribution < -0.4 is 4.90 Å². The highest BCUT2D eigenvalue weighted by atomic mass is 16.3. The highest BCUT2D eigenvalue weighted by molar-refractivity contribution is 6.16. The minimum atomic E-state index is 0.874. The van der Waals surface area contributed by atoms with Crippen molar-refractivity contribution in [3.05, 3.63) is 261 Å². The SMILES string of the molecule is c1ccc(-c2cc(-c3ccccc3)cc(-c3ccc(N(c4cccc(-c5ccccc5)c4)c4cccc(-c5ccccc5)c4-c4ccc5oc6c7ccccc7ccc6c5c4)cc3)c2)cc1. The number of hydrogen-bond acceptors (Lipinski definition) is 2. The van der Waals surface area contributed by atoms with E-state index in [1.54, 1.807) is 0 Å². The lowest BCUT2D eigenvalue weighted by Gasteiger charge is -2.30. The summed E-state index contributed by atoms with van der Waals surface area (Å²) < 4.78 is 6.65. The summed E-state index contributed by atoms with van der Waals surface area (Å²) >= 11 is 0. The Hall–Kier alpha value is -8.72. The summed E-state index contributed by atoms with van der Waals surface area (Å²) in [5.74, 6) is 0. The van der Waals surface area contributed by atoms with Crippen molar-refractivity contribution in [3.8, 4) is 66.8 Å². The van der Waals surface area contributed by atoms with Gasteiger partial charge in [-0.25, -0.2) is 0 Å². The van der Waals surface area contributed by atoms with Crippen LogP contribution in [0.2, 0.25) is 0 Å². The van der Waals surface area contributed by atoms with E-state index in [1.807, 2.05) is 0 Å². The van der Waals surface area contributed by atoms with Gasteiger partial charge in [-0.2, -0.15) is 0 Å². The van der Waals surface area contributed by atoms with Crippen LogP contribution in [-0.2, 0) is 0 Å². The second-order valence-corrected chi connectivity index (χ2v) is 16.9. The van der Waals surface area contributed by atoms with Gasteiger partial charge in [0.25, 0.3) is 0 Å². The van der Waals surface area contributed by atoms with E-state index >= 15 is 0 Å². The molecule has 0 bridgehead atoms. The molecule has 12 rings (SSSR count). The molecule has 0 aliphatic heterocycles. The molecule has 1 heterocycles. The average Bonchev–Trinajstić information content (AvgIpc) is 3.78. The van der Waals surface area contributed by atoms with Gasteiger partial charge >= 0.3 is 0 Å². The number of nitrogens with zero attached hydrogens (tertiary/aromatic N) is 1. The zero-order valence-corrected chi connectivity index (χ0v) is 36.2. The summed E-state index contributed by atoms with van der Waals surface area (Å²) in [4.78, 5) is 2.43. The summed E-state index contributed by atoms with van der Waals surface area (Å²) in [5.41, 5.74) is 18.9. The first-order valence-electron chi connectivity index (χ1n) is 22.6. The predicted octanol–water partition coefficient (Wildman–Crippen LogP) is 18.2. The zero-order chi connectivity index (χ0) is 43.8. The van der Waals surface area contributed by atoms with Crippen molar-refractivity contribution in [2.24, 2.45) is 0 Å². The fourth-order valence-corrected chi connectivity index (χ4v) is 9.62. The second kappa shape index (κ2) is 16.8.